The molecule has 2 aromatic rings. The molecule has 0 spiro atoms. The van der Waals surface area contributed by atoms with Crippen LogP contribution in [0.4, 0.5) is 4.39 Å². The lowest BCUT2D eigenvalue weighted by Gasteiger charge is -2.32. The summed E-state index contributed by atoms with van der Waals surface area (Å²) in [4.78, 5) is 14.5. The van der Waals surface area contributed by atoms with Crippen molar-refractivity contribution in [2.24, 2.45) is 0 Å². The van der Waals surface area contributed by atoms with E-state index in [1.807, 2.05) is 30.3 Å². The molecule has 2 aromatic carbocycles. The van der Waals surface area contributed by atoms with Crippen molar-refractivity contribution >= 4 is 5.91 Å². The van der Waals surface area contributed by atoms with Gasteiger partial charge >= 0.3 is 0 Å². The van der Waals surface area contributed by atoms with Crippen molar-refractivity contribution in [2.45, 2.75) is 31.4 Å². The van der Waals surface area contributed by atoms with E-state index in [0.29, 0.717) is 12.0 Å². The average molecular weight is 356 g/mol. The number of halogens is 1. The van der Waals surface area contributed by atoms with E-state index >= 15 is 0 Å². The van der Waals surface area contributed by atoms with E-state index in [2.05, 4.69) is 10.2 Å². The number of aliphatic hydroxyl groups excluding tert-OH is 1. The minimum Gasteiger partial charge on any atom is -0.388 e. The van der Waals surface area contributed by atoms with Gasteiger partial charge in [0.15, 0.2) is 0 Å². The van der Waals surface area contributed by atoms with Crippen LogP contribution in [0, 0.1) is 5.82 Å². The molecule has 1 unspecified atom stereocenters. The highest BCUT2D eigenvalue weighted by Crippen LogP contribution is 2.19. The molecular formula is C21H25FN2O2. The molecule has 26 heavy (non-hydrogen) atoms. The molecule has 138 valence electrons. The molecule has 0 aromatic heterocycles. The predicted molar refractivity (Wildman–Crippen MR) is 99.3 cm³/mol. The predicted octanol–water partition coefficient (Wildman–Crippen LogP) is 3.14. The maximum absolute atomic E-state index is 12.9. The lowest BCUT2D eigenvalue weighted by Crippen LogP contribution is -2.45. The zero-order chi connectivity index (χ0) is 18.4. The number of aliphatic hydroxyl groups is 1. The summed E-state index contributed by atoms with van der Waals surface area (Å²) in [5, 5.41) is 13.3. The number of carbonyl (C=O) groups excluding carboxylic acids is 1. The van der Waals surface area contributed by atoms with Gasteiger partial charge < -0.3 is 15.3 Å². The van der Waals surface area contributed by atoms with Crippen LogP contribution >= 0.6 is 0 Å². The van der Waals surface area contributed by atoms with E-state index in [0.717, 1.165) is 38.0 Å². The highest BCUT2D eigenvalue weighted by Gasteiger charge is 2.21. The van der Waals surface area contributed by atoms with E-state index in [-0.39, 0.29) is 17.8 Å². The summed E-state index contributed by atoms with van der Waals surface area (Å²) in [7, 11) is 0. The third-order valence-electron chi connectivity index (χ3n) is 4.93. The second kappa shape index (κ2) is 8.92. The third kappa shape index (κ3) is 5.13. The van der Waals surface area contributed by atoms with Gasteiger partial charge in [0.25, 0.3) is 5.91 Å². The van der Waals surface area contributed by atoms with Crippen molar-refractivity contribution in [1.29, 1.82) is 0 Å². The minimum atomic E-state index is -0.578. The first-order chi connectivity index (χ1) is 12.6. The van der Waals surface area contributed by atoms with Crippen molar-refractivity contribution in [1.82, 2.24) is 10.2 Å². The first-order valence-corrected chi connectivity index (χ1v) is 9.13. The fourth-order valence-corrected chi connectivity index (χ4v) is 3.32. The molecule has 3 rings (SSSR count). The van der Waals surface area contributed by atoms with Gasteiger partial charge in [-0.15, -0.1) is 0 Å². The summed E-state index contributed by atoms with van der Waals surface area (Å²) in [6.07, 6.45) is 1.86. The Bertz CT molecular complexity index is 698. The zero-order valence-corrected chi connectivity index (χ0v) is 14.8. The van der Waals surface area contributed by atoms with E-state index in [9.17, 15) is 14.3 Å². The van der Waals surface area contributed by atoms with Crippen molar-refractivity contribution in [3.63, 3.8) is 0 Å². The van der Waals surface area contributed by atoms with Gasteiger partial charge in [-0.25, -0.2) is 4.39 Å². The van der Waals surface area contributed by atoms with Crippen LogP contribution in [-0.4, -0.2) is 41.6 Å². The minimum absolute atomic E-state index is 0.0178. The maximum Gasteiger partial charge on any atom is 0.251 e. The van der Waals surface area contributed by atoms with E-state index in [1.54, 1.807) is 12.1 Å². The molecule has 1 atom stereocenters. The molecule has 1 aliphatic rings. The molecule has 0 bridgehead atoms. The van der Waals surface area contributed by atoms with Gasteiger partial charge in [0, 0.05) is 31.2 Å². The molecule has 1 fully saturated rings. The smallest absolute Gasteiger partial charge is 0.251 e. The molecule has 1 heterocycles. The summed E-state index contributed by atoms with van der Waals surface area (Å²) in [6.45, 7) is 2.59. The Morgan fingerprint density at radius 2 is 1.77 bits per heavy atom. The van der Waals surface area contributed by atoms with Gasteiger partial charge in [-0.2, -0.15) is 0 Å². The fourth-order valence-electron chi connectivity index (χ4n) is 3.32. The number of rotatable bonds is 6. The largest absolute Gasteiger partial charge is 0.388 e. The standard InChI is InChI=1S/C21H25FN2O2/c22-18-8-6-16(7-9-18)20(25)12-15-24-13-10-19(11-14-24)23-21(26)17-4-2-1-3-5-17/h1-9,19-20,25H,10-15H2,(H,23,26). The van der Waals surface area contributed by atoms with Gasteiger partial charge in [0.1, 0.15) is 5.82 Å². The Hall–Kier alpha value is -2.24. The second-order valence-corrected chi connectivity index (χ2v) is 6.81. The lowest BCUT2D eigenvalue weighted by molar-refractivity contribution is 0.0900. The van der Waals surface area contributed by atoms with E-state index in [4.69, 9.17) is 0 Å². The van der Waals surface area contributed by atoms with Gasteiger partial charge in [0.05, 0.1) is 6.10 Å². The summed E-state index contributed by atoms with van der Waals surface area (Å²) in [5.41, 5.74) is 1.44. The first kappa shape index (κ1) is 18.5. The van der Waals surface area contributed by atoms with Crippen LogP contribution in [0.2, 0.25) is 0 Å². The Balaban J connectivity index is 1.40. The van der Waals surface area contributed by atoms with Crippen LogP contribution in [0.1, 0.15) is 41.3 Å². The number of carbonyl (C=O) groups is 1. The van der Waals surface area contributed by atoms with E-state index < -0.39 is 6.10 Å². The Morgan fingerprint density at radius 3 is 2.42 bits per heavy atom. The number of hydrogen-bond donors (Lipinski definition) is 2. The normalized spacial score (nSPS) is 17.0. The van der Waals surface area contributed by atoms with Crippen LogP contribution in [0.15, 0.2) is 54.6 Å². The Morgan fingerprint density at radius 1 is 1.12 bits per heavy atom. The molecule has 0 radical (unpaired) electrons. The number of piperidine rings is 1. The highest BCUT2D eigenvalue weighted by molar-refractivity contribution is 5.94. The summed E-state index contributed by atoms with van der Waals surface area (Å²) >= 11 is 0. The van der Waals surface area contributed by atoms with Crippen LogP contribution in [0.25, 0.3) is 0 Å². The van der Waals surface area contributed by atoms with Crippen molar-refractivity contribution < 1.29 is 14.3 Å². The molecule has 1 saturated heterocycles. The number of hydrogen-bond acceptors (Lipinski definition) is 3. The van der Waals surface area contributed by atoms with Crippen molar-refractivity contribution in [2.75, 3.05) is 19.6 Å². The Kier molecular flexibility index (Phi) is 6.36. The number of nitrogens with zero attached hydrogens (tertiary/aromatic N) is 1. The quantitative estimate of drug-likeness (QED) is 0.836. The SMILES string of the molecule is O=C(NC1CCN(CCC(O)c2ccc(F)cc2)CC1)c1ccccc1. The number of amides is 1. The summed E-state index contributed by atoms with van der Waals surface area (Å²) in [5.74, 6) is -0.309. The van der Waals surface area contributed by atoms with Crippen molar-refractivity contribution in [3.05, 3.63) is 71.5 Å². The molecular weight excluding hydrogens is 331 g/mol. The third-order valence-corrected chi connectivity index (χ3v) is 4.93. The highest BCUT2D eigenvalue weighted by atomic mass is 19.1. The Labute approximate surface area is 153 Å². The number of likely N-dealkylation sites (tertiary alicyclic amines) is 1. The van der Waals surface area contributed by atoms with Crippen LogP contribution in [0.5, 0.6) is 0 Å². The summed E-state index contributed by atoms with van der Waals surface area (Å²) in [6, 6.07) is 15.5. The van der Waals surface area contributed by atoms with Gasteiger partial charge in [-0.05, 0) is 49.1 Å². The molecule has 0 aliphatic carbocycles. The molecule has 0 saturated carbocycles. The number of nitrogens with one attached hydrogen (secondary N) is 1. The molecule has 5 heteroatoms. The van der Waals surface area contributed by atoms with Crippen LogP contribution < -0.4 is 5.32 Å². The lowest BCUT2D eigenvalue weighted by atomic mass is 10.0. The van der Waals surface area contributed by atoms with E-state index in [1.165, 1.54) is 12.1 Å². The van der Waals surface area contributed by atoms with Gasteiger partial charge in [-0.3, -0.25) is 4.79 Å². The van der Waals surface area contributed by atoms with Gasteiger partial charge in [0.2, 0.25) is 0 Å². The monoisotopic (exact) mass is 356 g/mol. The summed E-state index contributed by atoms with van der Waals surface area (Å²) < 4.78 is 12.9. The average Bonchev–Trinajstić information content (AvgIpc) is 2.68. The molecule has 2 N–H and O–H groups in total. The molecule has 4 nitrogen and oxygen atoms in total. The van der Waals surface area contributed by atoms with Crippen LogP contribution in [-0.2, 0) is 0 Å². The van der Waals surface area contributed by atoms with Gasteiger partial charge in [-0.1, -0.05) is 30.3 Å². The van der Waals surface area contributed by atoms with Crippen LogP contribution in [0.3, 0.4) is 0 Å². The molecule has 1 aliphatic heterocycles. The zero-order valence-electron chi connectivity index (χ0n) is 14.8. The molecule has 1 amide bonds. The van der Waals surface area contributed by atoms with Crippen molar-refractivity contribution in [3.8, 4) is 0 Å². The maximum atomic E-state index is 12.9. The first-order valence-electron chi connectivity index (χ1n) is 9.13. The number of benzene rings is 2. The second-order valence-electron chi connectivity index (χ2n) is 6.81. The topological polar surface area (TPSA) is 52.6 Å². The fraction of sp³-hybridized carbons (Fsp3) is 0.381.